The highest BCUT2D eigenvalue weighted by Crippen LogP contribution is 2.28. The fourth-order valence-corrected chi connectivity index (χ4v) is 2.17. The van der Waals surface area contributed by atoms with Crippen LogP contribution in [0.2, 0.25) is 0 Å². The fourth-order valence-electron chi connectivity index (χ4n) is 2.17. The molecule has 1 aliphatic rings. The number of aliphatic hydroxyl groups is 1. The van der Waals surface area contributed by atoms with Crippen molar-refractivity contribution in [2.24, 2.45) is 5.73 Å². The molecule has 1 aliphatic carbocycles. The van der Waals surface area contributed by atoms with Gasteiger partial charge < -0.3 is 15.4 Å². The molecule has 0 aromatic carbocycles. The van der Waals surface area contributed by atoms with E-state index in [2.05, 4.69) is 9.55 Å². The maximum atomic E-state index is 9.40. The summed E-state index contributed by atoms with van der Waals surface area (Å²) in [5.74, 6) is 0.950. The van der Waals surface area contributed by atoms with Gasteiger partial charge in [0.2, 0.25) is 0 Å². The highest BCUT2D eigenvalue weighted by molar-refractivity contribution is 4.95. The summed E-state index contributed by atoms with van der Waals surface area (Å²) in [5.41, 5.74) is 5.60. The van der Waals surface area contributed by atoms with Crippen LogP contribution >= 0.6 is 0 Å². The Labute approximate surface area is 83.8 Å². The van der Waals surface area contributed by atoms with Crippen LogP contribution in [-0.4, -0.2) is 20.8 Å². The Morgan fingerprint density at radius 2 is 2.14 bits per heavy atom. The Hall–Kier alpha value is -0.870. The van der Waals surface area contributed by atoms with Crippen molar-refractivity contribution in [3.8, 4) is 0 Å². The van der Waals surface area contributed by atoms with Crippen LogP contribution in [0.25, 0.3) is 0 Å². The van der Waals surface area contributed by atoms with Gasteiger partial charge in [0.05, 0.1) is 12.6 Å². The first kappa shape index (κ1) is 9.68. The van der Waals surface area contributed by atoms with Crippen LogP contribution in [0, 0.1) is 0 Å². The van der Waals surface area contributed by atoms with Crippen LogP contribution in [0.15, 0.2) is 12.4 Å². The number of hydrogen-bond acceptors (Lipinski definition) is 3. The summed E-state index contributed by atoms with van der Waals surface area (Å²) in [4.78, 5) is 4.20. The second kappa shape index (κ2) is 4.11. The number of imidazole rings is 1. The molecule has 4 heteroatoms. The SMILES string of the molecule is NCc1nccn1C1CCC(O)CC1. The van der Waals surface area contributed by atoms with E-state index in [0.717, 1.165) is 31.5 Å². The second-order valence-corrected chi connectivity index (χ2v) is 3.92. The maximum absolute atomic E-state index is 9.40. The molecule has 0 bridgehead atoms. The summed E-state index contributed by atoms with van der Waals surface area (Å²) in [7, 11) is 0. The molecule has 14 heavy (non-hydrogen) atoms. The lowest BCUT2D eigenvalue weighted by Crippen LogP contribution is -2.22. The Balaban J connectivity index is 2.08. The Bertz CT molecular complexity index is 289. The van der Waals surface area contributed by atoms with Crippen LogP contribution in [0.4, 0.5) is 0 Å². The highest BCUT2D eigenvalue weighted by Gasteiger charge is 2.21. The van der Waals surface area contributed by atoms with Crippen LogP contribution in [-0.2, 0) is 6.54 Å². The van der Waals surface area contributed by atoms with Gasteiger partial charge >= 0.3 is 0 Å². The molecule has 1 heterocycles. The Morgan fingerprint density at radius 1 is 1.43 bits per heavy atom. The molecular weight excluding hydrogens is 178 g/mol. The van der Waals surface area contributed by atoms with E-state index in [1.807, 2.05) is 6.20 Å². The van der Waals surface area contributed by atoms with Crippen molar-refractivity contribution in [2.45, 2.75) is 44.4 Å². The van der Waals surface area contributed by atoms with Crippen molar-refractivity contribution in [2.75, 3.05) is 0 Å². The average Bonchev–Trinajstić information content (AvgIpc) is 2.67. The molecule has 1 fully saturated rings. The van der Waals surface area contributed by atoms with E-state index in [-0.39, 0.29) is 6.10 Å². The third kappa shape index (κ3) is 1.81. The van der Waals surface area contributed by atoms with E-state index in [1.165, 1.54) is 0 Å². The van der Waals surface area contributed by atoms with E-state index in [4.69, 9.17) is 5.73 Å². The minimum atomic E-state index is -0.101. The van der Waals surface area contributed by atoms with Crippen molar-refractivity contribution in [3.05, 3.63) is 18.2 Å². The maximum Gasteiger partial charge on any atom is 0.122 e. The van der Waals surface area contributed by atoms with Crippen molar-refractivity contribution in [1.29, 1.82) is 0 Å². The van der Waals surface area contributed by atoms with Crippen molar-refractivity contribution < 1.29 is 5.11 Å². The van der Waals surface area contributed by atoms with Gasteiger partial charge in [-0.15, -0.1) is 0 Å². The predicted octanol–water partition coefficient (Wildman–Crippen LogP) is 0.818. The summed E-state index contributed by atoms with van der Waals surface area (Å²) in [5, 5.41) is 9.40. The van der Waals surface area contributed by atoms with Crippen LogP contribution in [0.3, 0.4) is 0 Å². The van der Waals surface area contributed by atoms with Crippen molar-refractivity contribution >= 4 is 0 Å². The van der Waals surface area contributed by atoms with Gasteiger partial charge in [0, 0.05) is 18.4 Å². The number of aromatic nitrogens is 2. The lowest BCUT2D eigenvalue weighted by Gasteiger charge is -2.27. The lowest BCUT2D eigenvalue weighted by atomic mass is 9.93. The normalized spacial score (nSPS) is 27.9. The number of nitrogens with zero attached hydrogens (tertiary/aromatic N) is 2. The van der Waals surface area contributed by atoms with Crippen LogP contribution in [0.5, 0.6) is 0 Å². The first-order chi connectivity index (χ1) is 6.81. The number of nitrogens with two attached hydrogens (primary N) is 1. The molecule has 4 nitrogen and oxygen atoms in total. The molecule has 0 spiro atoms. The molecule has 2 rings (SSSR count). The molecule has 0 aliphatic heterocycles. The second-order valence-electron chi connectivity index (χ2n) is 3.92. The zero-order valence-electron chi connectivity index (χ0n) is 8.26. The summed E-state index contributed by atoms with van der Waals surface area (Å²) in [6.45, 7) is 0.492. The number of aliphatic hydroxyl groups excluding tert-OH is 1. The van der Waals surface area contributed by atoms with Gasteiger partial charge in [-0.3, -0.25) is 0 Å². The Morgan fingerprint density at radius 3 is 2.79 bits per heavy atom. The molecule has 0 atom stereocenters. The molecular formula is C10H17N3O. The molecule has 0 radical (unpaired) electrons. The molecule has 1 saturated carbocycles. The van der Waals surface area contributed by atoms with Gasteiger partial charge in [-0.25, -0.2) is 4.98 Å². The summed E-state index contributed by atoms with van der Waals surface area (Å²) in [6, 6.07) is 0.486. The fraction of sp³-hybridized carbons (Fsp3) is 0.700. The van der Waals surface area contributed by atoms with Crippen molar-refractivity contribution in [1.82, 2.24) is 9.55 Å². The molecule has 1 aromatic rings. The lowest BCUT2D eigenvalue weighted by molar-refractivity contribution is 0.110. The average molecular weight is 195 g/mol. The third-order valence-electron chi connectivity index (χ3n) is 2.99. The van der Waals surface area contributed by atoms with Crippen LogP contribution < -0.4 is 5.73 Å². The standard InChI is InChI=1S/C10H17N3O/c11-7-10-12-5-6-13(10)8-1-3-9(14)4-2-8/h5-6,8-9,14H,1-4,7,11H2. The zero-order chi connectivity index (χ0) is 9.97. The highest BCUT2D eigenvalue weighted by atomic mass is 16.3. The van der Waals surface area contributed by atoms with Gasteiger partial charge in [-0.2, -0.15) is 0 Å². The van der Waals surface area contributed by atoms with E-state index in [9.17, 15) is 5.11 Å². The smallest absolute Gasteiger partial charge is 0.122 e. The van der Waals surface area contributed by atoms with E-state index in [1.54, 1.807) is 6.20 Å². The molecule has 3 N–H and O–H groups in total. The molecule has 1 aromatic heterocycles. The largest absolute Gasteiger partial charge is 0.393 e. The molecule has 0 amide bonds. The number of rotatable bonds is 2. The van der Waals surface area contributed by atoms with Gasteiger partial charge in [-0.1, -0.05) is 0 Å². The summed E-state index contributed by atoms with van der Waals surface area (Å²) < 4.78 is 2.16. The minimum Gasteiger partial charge on any atom is -0.393 e. The van der Waals surface area contributed by atoms with Crippen molar-refractivity contribution in [3.63, 3.8) is 0 Å². The predicted molar refractivity (Wildman–Crippen MR) is 53.6 cm³/mol. The third-order valence-corrected chi connectivity index (χ3v) is 2.99. The molecule has 0 saturated heterocycles. The van der Waals surface area contributed by atoms with E-state index >= 15 is 0 Å². The van der Waals surface area contributed by atoms with Gasteiger partial charge in [-0.05, 0) is 25.7 Å². The van der Waals surface area contributed by atoms with Gasteiger partial charge in [0.15, 0.2) is 0 Å². The molecule has 78 valence electrons. The summed E-state index contributed by atoms with van der Waals surface area (Å²) in [6.07, 6.45) is 7.54. The quantitative estimate of drug-likeness (QED) is 0.734. The zero-order valence-corrected chi connectivity index (χ0v) is 8.26. The van der Waals surface area contributed by atoms with E-state index < -0.39 is 0 Å². The Kier molecular flexibility index (Phi) is 2.84. The van der Waals surface area contributed by atoms with E-state index in [0.29, 0.717) is 12.6 Å². The monoisotopic (exact) mass is 195 g/mol. The van der Waals surface area contributed by atoms with Gasteiger partial charge in [0.25, 0.3) is 0 Å². The minimum absolute atomic E-state index is 0.101. The number of hydrogen-bond donors (Lipinski definition) is 2. The summed E-state index contributed by atoms with van der Waals surface area (Å²) >= 11 is 0. The van der Waals surface area contributed by atoms with Crippen LogP contribution in [0.1, 0.15) is 37.5 Å². The van der Waals surface area contributed by atoms with Gasteiger partial charge in [0.1, 0.15) is 5.82 Å². The topological polar surface area (TPSA) is 64.1 Å². The first-order valence-electron chi connectivity index (χ1n) is 5.21. The molecule has 0 unspecified atom stereocenters. The first-order valence-corrected chi connectivity index (χ1v) is 5.21.